The molecule has 154 valence electrons. The number of benzene rings is 1. The molecule has 0 spiro atoms. The van der Waals surface area contributed by atoms with Crippen LogP contribution in [0.4, 0.5) is 0 Å². The Kier molecular flexibility index (Phi) is 6.37. The van der Waals surface area contributed by atoms with E-state index in [-0.39, 0.29) is 6.04 Å². The molecule has 0 saturated carbocycles. The minimum atomic E-state index is 0.270. The lowest BCUT2D eigenvalue weighted by atomic mass is 9.96. The van der Waals surface area contributed by atoms with Gasteiger partial charge in [0.05, 0.1) is 31.4 Å². The largest absolute Gasteiger partial charge is 0.496 e. The van der Waals surface area contributed by atoms with Crippen molar-refractivity contribution in [2.24, 2.45) is 4.99 Å². The van der Waals surface area contributed by atoms with Gasteiger partial charge in [0, 0.05) is 19.2 Å². The van der Waals surface area contributed by atoms with Gasteiger partial charge in [-0.25, -0.2) is 0 Å². The molecule has 28 heavy (non-hydrogen) atoms. The van der Waals surface area contributed by atoms with Crippen LogP contribution in [0.15, 0.2) is 29.3 Å². The predicted octanol–water partition coefficient (Wildman–Crippen LogP) is 2.71. The zero-order valence-corrected chi connectivity index (χ0v) is 17.2. The third-order valence-electron chi connectivity index (χ3n) is 6.44. The number of hydrogen-bond donors (Lipinski definition) is 2. The van der Waals surface area contributed by atoms with Crippen LogP contribution in [0.1, 0.15) is 50.1 Å². The van der Waals surface area contributed by atoms with Crippen LogP contribution in [0.2, 0.25) is 0 Å². The molecular weight excluding hydrogens is 352 g/mol. The van der Waals surface area contributed by atoms with Crippen molar-refractivity contribution in [3.05, 3.63) is 29.8 Å². The van der Waals surface area contributed by atoms with Crippen molar-refractivity contribution in [3.8, 4) is 5.75 Å². The number of nitrogens with one attached hydrogen (secondary N) is 2. The maximum absolute atomic E-state index is 5.98. The standard InChI is InChI=1S/C22H34N4O2/c1-23-22(25-18-14-16-10-11-21(18)28-16)24-15-19(26-12-6-3-7-13-26)17-8-4-5-9-20(17)27-2/h4-5,8-9,16,18-19,21H,3,6-7,10-15H2,1-2H3,(H2,23,24,25). The van der Waals surface area contributed by atoms with E-state index in [1.807, 2.05) is 13.1 Å². The number of likely N-dealkylation sites (tertiary alicyclic amines) is 1. The summed E-state index contributed by atoms with van der Waals surface area (Å²) in [5.41, 5.74) is 1.25. The molecule has 6 nitrogen and oxygen atoms in total. The first-order valence-corrected chi connectivity index (χ1v) is 10.8. The molecule has 3 heterocycles. The van der Waals surface area contributed by atoms with Crippen molar-refractivity contribution in [2.45, 2.75) is 62.8 Å². The van der Waals surface area contributed by atoms with Crippen LogP contribution >= 0.6 is 0 Å². The molecule has 3 saturated heterocycles. The molecule has 6 heteroatoms. The van der Waals surface area contributed by atoms with Crippen molar-refractivity contribution < 1.29 is 9.47 Å². The summed E-state index contributed by atoms with van der Waals surface area (Å²) < 4.78 is 11.7. The molecule has 1 aromatic rings. The molecule has 0 aliphatic carbocycles. The summed E-state index contributed by atoms with van der Waals surface area (Å²) >= 11 is 0. The predicted molar refractivity (Wildman–Crippen MR) is 112 cm³/mol. The number of rotatable bonds is 6. The number of ether oxygens (including phenoxy) is 2. The van der Waals surface area contributed by atoms with E-state index in [0.29, 0.717) is 18.2 Å². The molecule has 3 fully saturated rings. The minimum absolute atomic E-state index is 0.270. The van der Waals surface area contributed by atoms with E-state index in [9.17, 15) is 0 Å². The average molecular weight is 387 g/mol. The molecular formula is C22H34N4O2. The first-order valence-electron chi connectivity index (χ1n) is 10.8. The van der Waals surface area contributed by atoms with Gasteiger partial charge in [-0.15, -0.1) is 0 Å². The van der Waals surface area contributed by atoms with Crippen LogP contribution in [0.3, 0.4) is 0 Å². The van der Waals surface area contributed by atoms with E-state index < -0.39 is 0 Å². The highest BCUT2D eigenvalue weighted by Gasteiger charge is 2.41. The van der Waals surface area contributed by atoms with Crippen LogP contribution in [-0.4, -0.2) is 62.9 Å². The molecule has 4 rings (SSSR count). The number of para-hydroxylation sites is 1. The number of guanidine groups is 1. The van der Waals surface area contributed by atoms with E-state index in [2.05, 4.69) is 38.7 Å². The Hall–Kier alpha value is -1.79. The fourth-order valence-corrected chi connectivity index (χ4v) is 4.96. The van der Waals surface area contributed by atoms with E-state index in [1.165, 1.54) is 31.2 Å². The molecule has 0 amide bonds. The van der Waals surface area contributed by atoms with Gasteiger partial charge in [-0.3, -0.25) is 9.89 Å². The van der Waals surface area contributed by atoms with E-state index >= 15 is 0 Å². The van der Waals surface area contributed by atoms with E-state index in [4.69, 9.17) is 9.47 Å². The quantitative estimate of drug-likeness (QED) is 0.582. The second kappa shape index (κ2) is 9.14. The Bertz CT molecular complexity index is 674. The second-order valence-electron chi connectivity index (χ2n) is 8.17. The van der Waals surface area contributed by atoms with Crippen LogP contribution in [0, 0.1) is 0 Å². The summed E-state index contributed by atoms with van der Waals surface area (Å²) in [5.74, 6) is 1.84. The topological polar surface area (TPSA) is 58.1 Å². The second-order valence-corrected chi connectivity index (χ2v) is 8.17. The maximum atomic E-state index is 5.98. The minimum Gasteiger partial charge on any atom is -0.496 e. The number of hydrogen-bond acceptors (Lipinski definition) is 4. The molecule has 1 aromatic carbocycles. The van der Waals surface area contributed by atoms with Gasteiger partial charge in [-0.05, 0) is 51.3 Å². The normalized spacial score (nSPS) is 28.9. The number of fused-ring (bicyclic) bond motifs is 2. The fourth-order valence-electron chi connectivity index (χ4n) is 4.96. The van der Waals surface area contributed by atoms with Crippen molar-refractivity contribution in [1.29, 1.82) is 0 Å². The lowest BCUT2D eigenvalue weighted by molar-refractivity contribution is 0.0992. The van der Waals surface area contributed by atoms with Gasteiger partial charge in [-0.2, -0.15) is 0 Å². The molecule has 2 bridgehead atoms. The number of methoxy groups -OCH3 is 1. The Morgan fingerprint density at radius 3 is 2.75 bits per heavy atom. The molecule has 0 radical (unpaired) electrons. The van der Waals surface area contributed by atoms with Gasteiger partial charge in [0.1, 0.15) is 5.75 Å². The molecule has 0 aromatic heterocycles. The summed E-state index contributed by atoms with van der Waals surface area (Å²) in [6.45, 7) is 3.08. The van der Waals surface area contributed by atoms with Crippen molar-refractivity contribution in [3.63, 3.8) is 0 Å². The Morgan fingerprint density at radius 2 is 2.07 bits per heavy atom. The Balaban J connectivity index is 1.44. The summed E-state index contributed by atoms with van der Waals surface area (Å²) in [6.07, 6.45) is 8.11. The average Bonchev–Trinajstić information content (AvgIpc) is 3.37. The number of piperidine rings is 1. The summed E-state index contributed by atoms with van der Waals surface area (Å²) in [5, 5.41) is 7.19. The monoisotopic (exact) mass is 386 g/mol. The van der Waals surface area contributed by atoms with Crippen molar-refractivity contribution in [2.75, 3.05) is 33.8 Å². The first kappa shape index (κ1) is 19.5. The highest BCUT2D eigenvalue weighted by atomic mass is 16.5. The maximum Gasteiger partial charge on any atom is 0.191 e. The van der Waals surface area contributed by atoms with Gasteiger partial charge in [0.15, 0.2) is 5.96 Å². The lowest BCUT2D eigenvalue weighted by Crippen LogP contribution is -2.49. The van der Waals surface area contributed by atoms with Crippen LogP contribution in [0.25, 0.3) is 0 Å². The fraction of sp³-hybridized carbons (Fsp3) is 0.682. The van der Waals surface area contributed by atoms with Crippen molar-refractivity contribution >= 4 is 5.96 Å². The summed E-state index contributed by atoms with van der Waals surface area (Å²) in [7, 11) is 3.61. The van der Waals surface area contributed by atoms with E-state index in [0.717, 1.165) is 44.2 Å². The highest BCUT2D eigenvalue weighted by molar-refractivity contribution is 5.80. The smallest absolute Gasteiger partial charge is 0.191 e. The SMILES string of the molecule is CN=C(NCC(c1ccccc1OC)N1CCCCC1)NC1CC2CCC1O2. The van der Waals surface area contributed by atoms with Gasteiger partial charge in [0.25, 0.3) is 0 Å². The Morgan fingerprint density at radius 1 is 1.25 bits per heavy atom. The molecule has 4 unspecified atom stereocenters. The van der Waals surface area contributed by atoms with Crippen LogP contribution in [-0.2, 0) is 4.74 Å². The van der Waals surface area contributed by atoms with E-state index in [1.54, 1.807) is 7.11 Å². The third-order valence-corrected chi connectivity index (χ3v) is 6.44. The zero-order chi connectivity index (χ0) is 19.3. The third kappa shape index (κ3) is 4.28. The Labute approximate surface area is 168 Å². The lowest BCUT2D eigenvalue weighted by Gasteiger charge is -2.36. The zero-order valence-electron chi connectivity index (χ0n) is 17.2. The van der Waals surface area contributed by atoms with Crippen LogP contribution in [0.5, 0.6) is 5.75 Å². The van der Waals surface area contributed by atoms with Gasteiger partial charge >= 0.3 is 0 Å². The molecule has 3 aliphatic heterocycles. The van der Waals surface area contributed by atoms with Gasteiger partial charge in [0.2, 0.25) is 0 Å². The highest BCUT2D eigenvalue weighted by Crippen LogP contribution is 2.34. The summed E-state index contributed by atoms with van der Waals surface area (Å²) in [6, 6.07) is 9.05. The molecule has 2 N–H and O–H groups in total. The van der Waals surface area contributed by atoms with Crippen LogP contribution < -0.4 is 15.4 Å². The number of nitrogens with zero attached hydrogens (tertiary/aromatic N) is 2. The number of aliphatic imine (C=N–C) groups is 1. The first-order chi connectivity index (χ1) is 13.8. The van der Waals surface area contributed by atoms with Crippen molar-refractivity contribution in [1.82, 2.24) is 15.5 Å². The molecule has 3 aliphatic rings. The van der Waals surface area contributed by atoms with Gasteiger partial charge in [-0.1, -0.05) is 24.6 Å². The molecule has 4 atom stereocenters. The van der Waals surface area contributed by atoms with Gasteiger partial charge < -0.3 is 20.1 Å². The summed E-state index contributed by atoms with van der Waals surface area (Å²) in [4.78, 5) is 7.06.